The zero-order valence-electron chi connectivity index (χ0n) is 12.4. The first-order chi connectivity index (χ1) is 11.1. The zero-order valence-corrected chi connectivity index (χ0v) is 12.4. The Morgan fingerprint density at radius 2 is 1.96 bits per heavy atom. The van der Waals surface area contributed by atoms with E-state index in [4.69, 9.17) is 4.74 Å². The standard InChI is InChI=1S/C16H15FN4O2/c1-21-16(23-15(20-21)12-6-8-18-9-7-12)19-14(22)10-11-2-4-13(17)5-3-11/h2-9,16H,10H2,1H3,(H,19,22). The molecular formula is C16H15FN4O2. The largest absolute Gasteiger partial charge is 0.432 e. The van der Waals surface area contributed by atoms with Crippen molar-refractivity contribution in [3.63, 3.8) is 0 Å². The number of nitrogens with zero attached hydrogens (tertiary/aromatic N) is 3. The Hall–Kier alpha value is -2.96. The number of amides is 1. The number of halogens is 1. The molecule has 1 aliphatic rings. The molecule has 118 valence electrons. The minimum atomic E-state index is -0.675. The van der Waals surface area contributed by atoms with Crippen molar-refractivity contribution in [1.82, 2.24) is 15.3 Å². The number of carbonyl (C=O) groups excluding carboxylic acids is 1. The number of carbonyl (C=O) groups is 1. The Bertz CT molecular complexity index is 719. The molecule has 23 heavy (non-hydrogen) atoms. The second-order valence-electron chi connectivity index (χ2n) is 5.06. The first kappa shape index (κ1) is 15.0. The van der Waals surface area contributed by atoms with E-state index in [1.165, 1.54) is 17.1 Å². The van der Waals surface area contributed by atoms with Gasteiger partial charge in [0.1, 0.15) is 5.82 Å². The summed E-state index contributed by atoms with van der Waals surface area (Å²) in [5.41, 5.74) is 1.50. The van der Waals surface area contributed by atoms with Crippen molar-refractivity contribution in [2.24, 2.45) is 5.10 Å². The number of pyridine rings is 1. The van der Waals surface area contributed by atoms with E-state index in [9.17, 15) is 9.18 Å². The summed E-state index contributed by atoms with van der Waals surface area (Å²) in [6.07, 6.45) is 2.74. The molecule has 0 spiro atoms. The van der Waals surface area contributed by atoms with Crippen molar-refractivity contribution < 1.29 is 13.9 Å². The molecule has 1 aromatic carbocycles. The monoisotopic (exact) mass is 314 g/mol. The van der Waals surface area contributed by atoms with Gasteiger partial charge in [0.2, 0.25) is 11.8 Å². The molecule has 7 heteroatoms. The van der Waals surface area contributed by atoms with E-state index in [0.29, 0.717) is 5.90 Å². The lowest BCUT2D eigenvalue weighted by molar-refractivity contribution is -0.125. The maximum atomic E-state index is 12.9. The van der Waals surface area contributed by atoms with Crippen LogP contribution in [0.2, 0.25) is 0 Å². The van der Waals surface area contributed by atoms with Crippen LogP contribution < -0.4 is 5.32 Å². The highest BCUT2D eigenvalue weighted by molar-refractivity contribution is 5.94. The molecule has 0 fully saturated rings. The van der Waals surface area contributed by atoms with Gasteiger partial charge in [0.05, 0.1) is 6.42 Å². The molecule has 0 radical (unpaired) electrons. The second-order valence-corrected chi connectivity index (χ2v) is 5.06. The zero-order chi connectivity index (χ0) is 16.2. The van der Waals surface area contributed by atoms with Gasteiger partial charge in [0, 0.05) is 25.0 Å². The van der Waals surface area contributed by atoms with Gasteiger partial charge in [-0.2, -0.15) is 0 Å². The average Bonchev–Trinajstić information content (AvgIpc) is 2.91. The first-order valence-corrected chi connectivity index (χ1v) is 7.04. The van der Waals surface area contributed by atoms with Crippen LogP contribution in [0.1, 0.15) is 11.1 Å². The van der Waals surface area contributed by atoms with E-state index in [-0.39, 0.29) is 18.1 Å². The Morgan fingerprint density at radius 3 is 2.65 bits per heavy atom. The highest BCUT2D eigenvalue weighted by Crippen LogP contribution is 2.13. The summed E-state index contributed by atoms with van der Waals surface area (Å²) in [6, 6.07) is 9.35. The number of hydrazone groups is 1. The van der Waals surface area contributed by atoms with Crippen molar-refractivity contribution in [2.45, 2.75) is 12.8 Å². The maximum absolute atomic E-state index is 12.9. The van der Waals surface area contributed by atoms with E-state index >= 15 is 0 Å². The van der Waals surface area contributed by atoms with Crippen LogP contribution in [0.3, 0.4) is 0 Å². The number of hydrogen-bond acceptors (Lipinski definition) is 5. The molecule has 0 bridgehead atoms. The van der Waals surface area contributed by atoms with Crippen LogP contribution in [0.4, 0.5) is 4.39 Å². The molecule has 2 heterocycles. The van der Waals surface area contributed by atoms with E-state index in [1.807, 2.05) is 0 Å². The van der Waals surface area contributed by atoms with Crippen LogP contribution in [0.5, 0.6) is 0 Å². The van der Waals surface area contributed by atoms with Crippen LogP contribution in [-0.4, -0.2) is 35.2 Å². The van der Waals surface area contributed by atoms with Crippen LogP contribution >= 0.6 is 0 Å². The highest BCUT2D eigenvalue weighted by Gasteiger charge is 2.27. The Balaban J connectivity index is 1.59. The molecule has 1 N–H and O–H groups in total. The van der Waals surface area contributed by atoms with E-state index < -0.39 is 6.35 Å². The number of rotatable bonds is 4. The number of benzene rings is 1. The fraction of sp³-hybridized carbons (Fsp3) is 0.188. The molecule has 2 aromatic rings. The normalized spacial score (nSPS) is 16.7. The van der Waals surface area contributed by atoms with E-state index in [1.54, 1.807) is 43.7 Å². The number of nitrogens with one attached hydrogen (secondary N) is 1. The molecule has 0 saturated heterocycles. The maximum Gasteiger partial charge on any atom is 0.269 e. The van der Waals surface area contributed by atoms with Crippen molar-refractivity contribution in [2.75, 3.05) is 7.05 Å². The van der Waals surface area contributed by atoms with Gasteiger partial charge < -0.3 is 10.1 Å². The molecule has 0 saturated carbocycles. The van der Waals surface area contributed by atoms with Gasteiger partial charge >= 0.3 is 0 Å². The summed E-state index contributed by atoms with van der Waals surface area (Å²) >= 11 is 0. The Morgan fingerprint density at radius 1 is 1.26 bits per heavy atom. The summed E-state index contributed by atoms with van der Waals surface area (Å²) in [6.45, 7) is 0. The topological polar surface area (TPSA) is 66.8 Å². The third-order valence-electron chi connectivity index (χ3n) is 3.30. The molecule has 0 aliphatic carbocycles. The fourth-order valence-electron chi connectivity index (χ4n) is 2.12. The fourth-order valence-corrected chi connectivity index (χ4v) is 2.12. The highest BCUT2D eigenvalue weighted by atomic mass is 19.1. The van der Waals surface area contributed by atoms with Gasteiger partial charge in [-0.15, -0.1) is 5.10 Å². The van der Waals surface area contributed by atoms with Crippen molar-refractivity contribution in [3.8, 4) is 0 Å². The summed E-state index contributed by atoms with van der Waals surface area (Å²) in [4.78, 5) is 16.0. The number of ether oxygens (including phenoxy) is 1. The summed E-state index contributed by atoms with van der Waals surface area (Å²) in [5, 5.41) is 8.51. The van der Waals surface area contributed by atoms with Gasteiger partial charge in [-0.05, 0) is 29.8 Å². The van der Waals surface area contributed by atoms with E-state index in [2.05, 4.69) is 15.4 Å². The predicted octanol–water partition coefficient (Wildman–Crippen LogP) is 1.49. The number of hydrogen-bond donors (Lipinski definition) is 1. The van der Waals surface area contributed by atoms with Gasteiger partial charge in [0.15, 0.2) is 0 Å². The molecule has 6 nitrogen and oxygen atoms in total. The average molecular weight is 314 g/mol. The smallest absolute Gasteiger partial charge is 0.269 e. The van der Waals surface area contributed by atoms with Crippen molar-refractivity contribution in [3.05, 3.63) is 65.7 Å². The summed E-state index contributed by atoms with van der Waals surface area (Å²) in [5.74, 6) is -0.148. The minimum Gasteiger partial charge on any atom is -0.432 e. The van der Waals surface area contributed by atoms with Crippen LogP contribution in [0.25, 0.3) is 0 Å². The van der Waals surface area contributed by atoms with Crippen LogP contribution in [-0.2, 0) is 16.0 Å². The summed E-state index contributed by atoms with van der Waals surface area (Å²) in [7, 11) is 1.71. The molecule has 1 aromatic heterocycles. The third kappa shape index (κ3) is 3.63. The minimum absolute atomic E-state index is 0.137. The van der Waals surface area contributed by atoms with Gasteiger partial charge in [-0.1, -0.05) is 12.1 Å². The first-order valence-electron chi connectivity index (χ1n) is 7.04. The Labute approximate surface area is 132 Å². The molecule has 1 aliphatic heterocycles. The lowest BCUT2D eigenvalue weighted by Gasteiger charge is -2.18. The van der Waals surface area contributed by atoms with Gasteiger partial charge in [-0.25, -0.2) is 9.40 Å². The molecule has 1 amide bonds. The van der Waals surface area contributed by atoms with Crippen LogP contribution in [0, 0.1) is 5.82 Å². The molecule has 1 atom stereocenters. The second kappa shape index (κ2) is 6.43. The predicted molar refractivity (Wildman–Crippen MR) is 81.7 cm³/mol. The third-order valence-corrected chi connectivity index (χ3v) is 3.30. The van der Waals surface area contributed by atoms with Gasteiger partial charge in [0.25, 0.3) is 6.35 Å². The SMILES string of the molecule is CN1N=C(c2ccncc2)OC1NC(=O)Cc1ccc(F)cc1. The van der Waals surface area contributed by atoms with E-state index in [0.717, 1.165) is 11.1 Å². The lowest BCUT2D eigenvalue weighted by Crippen LogP contribution is -2.43. The number of aromatic nitrogens is 1. The van der Waals surface area contributed by atoms with Crippen molar-refractivity contribution >= 4 is 11.8 Å². The lowest BCUT2D eigenvalue weighted by atomic mass is 10.1. The quantitative estimate of drug-likeness (QED) is 0.928. The molecule has 1 unspecified atom stereocenters. The molecule has 3 rings (SSSR count). The van der Waals surface area contributed by atoms with Crippen LogP contribution in [0.15, 0.2) is 53.9 Å². The molecular weight excluding hydrogens is 299 g/mol. The van der Waals surface area contributed by atoms with Gasteiger partial charge in [-0.3, -0.25) is 9.78 Å². The summed E-state index contributed by atoms with van der Waals surface area (Å²) < 4.78 is 18.5. The van der Waals surface area contributed by atoms with Crippen molar-refractivity contribution in [1.29, 1.82) is 0 Å². The Kier molecular flexibility index (Phi) is 4.18.